The number of nitrogens with one attached hydrogen (secondary N) is 2. The molecular weight excluding hydrogens is 328 g/mol. The first-order chi connectivity index (χ1) is 11.3. The molecule has 0 bridgehead atoms. The molecule has 0 radical (unpaired) electrons. The normalized spacial score (nSPS) is 19.5. The first kappa shape index (κ1) is 16.7. The van der Waals surface area contributed by atoms with Crippen LogP contribution < -0.4 is 10.9 Å². The van der Waals surface area contributed by atoms with E-state index in [1.165, 1.54) is 0 Å². The Hall–Kier alpha value is -2.15. The standard InChI is InChI=1S/C17H20N2O4S/c1-11-8-13-4-2-12(9-15(13)19-17(11)21)3-5-16(20)18-14-6-7-24(22,23)10-14/h2,4,8-9,14H,3,5-7,10H2,1H3,(H,18,20)(H,19,21). The Morgan fingerprint density at radius 1 is 1.33 bits per heavy atom. The Morgan fingerprint density at radius 3 is 2.83 bits per heavy atom. The lowest BCUT2D eigenvalue weighted by molar-refractivity contribution is -0.121. The molecule has 1 aliphatic rings. The number of fused-ring (bicyclic) bond motifs is 1. The molecule has 0 aliphatic carbocycles. The SMILES string of the molecule is Cc1cc2ccc(CCC(=O)NC3CCS(=O)(=O)C3)cc2[nH]c1=O. The molecule has 1 aliphatic heterocycles. The van der Waals surface area contributed by atoms with Crippen molar-refractivity contribution in [3.8, 4) is 0 Å². The first-order valence-corrected chi connectivity index (χ1v) is 9.77. The van der Waals surface area contributed by atoms with Crippen LogP contribution in [0.15, 0.2) is 29.1 Å². The number of hydrogen-bond donors (Lipinski definition) is 2. The van der Waals surface area contributed by atoms with Gasteiger partial charge in [0.25, 0.3) is 5.56 Å². The fourth-order valence-corrected chi connectivity index (χ4v) is 4.65. The molecule has 1 saturated heterocycles. The molecule has 0 saturated carbocycles. The molecule has 1 aromatic carbocycles. The molecule has 24 heavy (non-hydrogen) atoms. The van der Waals surface area contributed by atoms with E-state index < -0.39 is 9.84 Å². The van der Waals surface area contributed by atoms with Gasteiger partial charge in [0.05, 0.1) is 11.5 Å². The summed E-state index contributed by atoms with van der Waals surface area (Å²) in [7, 11) is -2.99. The summed E-state index contributed by atoms with van der Waals surface area (Å²) in [5.41, 5.74) is 2.27. The summed E-state index contributed by atoms with van der Waals surface area (Å²) in [6.45, 7) is 1.76. The quantitative estimate of drug-likeness (QED) is 0.864. The highest BCUT2D eigenvalue weighted by atomic mass is 32.2. The molecule has 3 rings (SSSR count). The van der Waals surface area contributed by atoms with Crippen molar-refractivity contribution in [3.05, 3.63) is 45.7 Å². The highest BCUT2D eigenvalue weighted by Crippen LogP contribution is 2.15. The van der Waals surface area contributed by atoms with E-state index in [-0.39, 0.29) is 35.4 Å². The monoisotopic (exact) mass is 348 g/mol. The van der Waals surface area contributed by atoms with Crippen LogP contribution in [0.1, 0.15) is 24.0 Å². The lowest BCUT2D eigenvalue weighted by Gasteiger charge is -2.11. The number of rotatable bonds is 4. The summed E-state index contributed by atoms with van der Waals surface area (Å²) in [5.74, 6) is 0.0413. The minimum Gasteiger partial charge on any atom is -0.352 e. The minimum absolute atomic E-state index is 0.0370. The van der Waals surface area contributed by atoms with Gasteiger partial charge in [0.1, 0.15) is 0 Å². The molecule has 2 N–H and O–H groups in total. The maximum Gasteiger partial charge on any atom is 0.251 e. The van der Waals surface area contributed by atoms with Gasteiger partial charge < -0.3 is 10.3 Å². The van der Waals surface area contributed by atoms with Crippen LogP contribution in [0.2, 0.25) is 0 Å². The topological polar surface area (TPSA) is 96.1 Å². The maximum absolute atomic E-state index is 12.0. The predicted octanol–water partition coefficient (Wildman–Crippen LogP) is 1.07. The van der Waals surface area contributed by atoms with E-state index in [2.05, 4.69) is 10.3 Å². The van der Waals surface area contributed by atoms with Crippen LogP contribution in [-0.4, -0.2) is 36.9 Å². The number of hydrogen-bond acceptors (Lipinski definition) is 4. The van der Waals surface area contributed by atoms with Gasteiger partial charge in [-0.15, -0.1) is 0 Å². The molecular formula is C17H20N2O4S. The summed E-state index contributed by atoms with van der Waals surface area (Å²) in [6, 6.07) is 7.32. The van der Waals surface area contributed by atoms with Crippen molar-refractivity contribution in [1.82, 2.24) is 10.3 Å². The highest BCUT2D eigenvalue weighted by Gasteiger charge is 2.28. The van der Waals surface area contributed by atoms with Crippen LogP contribution >= 0.6 is 0 Å². The lowest BCUT2D eigenvalue weighted by atomic mass is 10.1. The lowest BCUT2D eigenvalue weighted by Crippen LogP contribution is -2.35. The molecule has 1 atom stereocenters. The Labute approximate surface area is 140 Å². The van der Waals surface area contributed by atoms with Crippen LogP contribution in [0.3, 0.4) is 0 Å². The van der Waals surface area contributed by atoms with E-state index in [4.69, 9.17) is 0 Å². The number of aromatic nitrogens is 1. The zero-order valence-electron chi connectivity index (χ0n) is 13.5. The van der Waals surface area contributed by atoms with Gasteiger partial charge in [-0.2, -0.15) is 0 Å². The molecule has 2 aromatic rings. The third kappa shape index (κ3) is 3.84. The maximum atomic E-state index is 12.0. The predicted molar refractivity (Wildman–Crippen MR) is 92.8 cm³/mol. The number of carbonyl (C=O) groups excluding carboxylic acids is 1. The second-order valence-electron chi connectivity index (χ2n) is 6.37. The second-order valence-corrected chi connectivity index (χ2v) is 8.60. The molecule has 1 amide bonds. The third-order valence-corrected chi connectivity index (χ3v) is 6.10. The molecule has 1 aromatic heterocycles. The van der Waals surface area contributed by atoms with Crippen LogP contribution in [0.4, 0.5) is 0 Å². The van der Waals surface area contributed by atoms with Gasteiger partial charge in [0.15, 0.2) is 9.84 Å². The Balaban J connectivity index is 1.62. The van der Waals surface area contributed by atoms with Crippen molar-refractivity contribution in [2.45, 2.75) is 32.2 Å². The molecule has 1 fully saturated rings. The fourth-order valence-electron chi connectivity index (χ4n) is 2.98. The van der Waals surface area contributed by atoms with Crippen molar-refractivity contribution in [1.29, 1.82) is 0 Å². The minimum atomic E-state index is -2.99. The van der Waals surface area contributed by atoms with Gasteiger partial charge in [-0.25, -0.2) is 8.42 Å². The Morgan fingerprint density at radius 2 is 2.12 bits per heavy atom. The van der Waals surface area contributed by atoms with Crippen molar-refractivity contribution in [3.63, 3.8) is 0 Å². The van der Waals surface area contributed by atoms with Gasteiger partial charge in [-0.05, 0) is 42.8 Å². The van der Waals surface area contributed by atoms with Crippen molar-refractivity contribution < 1.29 is 13.2 Å². The number of amides is 1. The van der Waals surface area contributed by atoms with Gasteiger partial charge in [-0.3, -0.25) is 9.59 Å². The van der Waals surface area contributed by atoms with Gasteiger partial charge >= 0.3 is 0 Å². The third-order valence-electron chi connectivity index (χ3n) is 4.33. The summed E-state index contributed by atoms with van der Waals surface area (Å²) in [6.07, 6.45) is 1.32. The zero-order valence-corrected chi connectivity index (χ0v) is 14.3. The first-order valence-electron chi connectivity index (χ1n) is 7.95. The van der Waals surface area contributed by atoms with Crippen molar-refractivity contribution >= 4 is 26.6 Å². The van der Waals surface area contributed by atoms with E-state index >= 15 is 0 Å². The number of H-pyrrole nitrogens is 1. The Kier molecular flexibility index (Phi) is 4.45. The van der Waals surface area contributed by atoms with Gasteiger partial charge in [0.2, 0.25) is 5.91 Å². The van der Waals surface area contributed by atoms with Crippen molar-refractivity contribution in [2.24, 2.45) is 0 Å². The molecule has 1 unspecified atom stereocenters. The summed E-state index contributed by atoms with van der Waals surface area (Å²) in [4.78, 5) is 26.5. The average molecular weight is 348 g/mol. The van der Waals surface area contributed by atoms with Crippen LogP contribution in [0.25, 0.3) is 10.9 Å². The number of sulfone groups is 1. The number of pyridine rings is 1. The molecule has 2 heterocycles. The van der Waals surface area contributed by atoms with E-state index in [1.807, 2.05) is 24.3 Å². The Bertz CT molecular complexity index is 947. The average Bonchev–Trinajstić information content (AvgIpc) is 2.85. The summed E-state index contributed by atoms with van der Waals surface area (Å²) < 4.78 is 22.8. The smallest absolute Gasteiger partial charge is 0.251 e. The molecule has 6 nitrogen and oxygen atoms in total. The fraction of sp³-hybridized carbons (Fsp3) is 0.412. The van der Waals surface area contributed by atoms with Crippen molar-refractivity contribution in [2.75, 3.05) is 11.5 Å². The van der Waals surface area contributed by atoms with E-state index in [1.54, 1.807) is 6.92 Å². The number of aromatic amines is 1. The van der Waals surface area contributed by atoms with E-state index in [9.17, 15) is 18.0 Å². The summed E-state index contributed by atoms with van der Waals surface area (Å²) in [5, 5.41) is 3.74. The van der Waals surface area contributed by atoms with Gasteiger partial charge in [0, 0.05) is 23.5 Å². The van der Waals surface area contributed by atoms with Crippen LogP contribution in [-0.2, 0) is 21.1 Å². The number of carbonyl (C=O) groups is 1. The molecule has 7 heteroatoms. The zero-order chi connectivity index (χ0) is 17.3. The van der Waals surface area contributed by atoms with Crippen LogP contribution in [0.5, 0.6) is 0 Å². The molecule has 0 spiro atoms. The van der Waals surface area contributed by atoms with E-state index in [0.717, 1.165) is 16.5 Å². The largest absolute Gasteiger partial charge is 0.352 e. The van der Waals surface area contributed by atoms with E-state index in [0.29, 0.717) is 18.4 Å². The summed E-state index contributed by atoms with van der Waals surface area (Å²) >= 11 is 0. The second kappa shape index (κ2) is 6.39. The van der Waals surface area contributed by atoms with Crippen LogP contribution in [0, 0.1) is 6.92 Å². The highest BCUT2D eigenvalue weighted by molar-refractivity contribution is 7.91. The number of aryl methyl sites for hydroxylation is 2. The number of benzene rings is 1. The van der Waals surface area contributed by atoms with Gasteiger partial charge in [-0.1, -0.05) is 12.1 Å². The molecule has 128 valence electrons.